The highest BCUT2D eigenvalue weighted by molar-refractivity contribution is 6.19. The largest absolute Gasteiger partial charge is 0.307 e. The minimum absolute atomic E-state index is 0.0289. The van der Waals surface area contributed by atoms with Crippen LogP contribution < -0.4 is 9.80 Å². The van der Waals surface area contributed by atoms with E-state index in [0.717, 1.165) is 23.9 Å². The van der Waals surface area contributed by atoms with E-state index in [2.05, 4.69) is 139 Å². The van der Waals surface area contributed by atoms with Crippen molar-refractivity contribution in [2.75, 3.05) is 9.80 Å². The molecule has 2 heterocycles. The van der Waals surface area contributed by atoms with Gasteiger partial charge in [-0.3, -0.25) is 4.90 Å². The molecule has 5 aromatic rings. The third-order valence-electron chi connectivity index (χ3n) is 8.44. The van der Waals surface area contributed by atoms with Crippen LogP contribution >= 0.6 is 0 Å². The zero-order chi connectivity index (χ0) is 25.4. The van der Waals surface area contributed by atoms with Crippen LogP contribution in [0.15, 0.2) is 114 Å². The normalized spacial score (nSPS) is 16.2. The van der Waals surface area contributed by atoms with Crippen LogP contribution in [0.2, 0.25) is 0 Å². The second kappa shape index (κ2) is 7.69. The SMILES string of the molecule is CC1(C)c2ccccc2-c2c1cc1cccc3c1c2C=CN3C1=Nc2ccccc2CN1c1ccccc1. The number of nitrogens with zero attached hydrogens (tertiary/aromatic N) is 3. The van der Waals surface area contributed by atoms with Gasteiger partial charge in [-0.1, -0.05) is 86.6 Å². The lowest BCUT2D eigenvalue weighted by molar-refractivity contribution is 0.661. The van der Waals surface area contributed by atoms with Gasteiger partial charge in [-0.15, -0.1) is 0 Å². The fourth-order valence-electron chi connectivity index (χ4n) is 6.58. The zero-order valence-electron chi connectivity index (χ0n) is 21.5. The Bertz CT molecular complexity index is 1830. The molecule has 0 saturated carbocycles. The molecule has 0 atom stereocenters. The van der Waals surface area contributed by atoms with E-state index in [-0.39, 0.29) is 5.41 Å². The fourth-order valence-corrected chi connectivity index (χ4v) is 6.58. The lowest BCUT2D eigenvalue weighted by Crippen LogP contribution is -2.44. The third kappa shape index (κ3) is 2.87. The smallest absolute Gasteiger partial charge is 0.215 e. The summed E-state index contributed by atoms with van der Waals surface area (Å²) >= 11 is 0. The maximum Gasteiger partial charge on any atom is 0.215 e. The summed E-state index contributed by atoms with van der Waals surface area (Å²) < 4.78 is 0. The Hall–Kier alpha value is -4.63. The molecule has 2 aliphatic heterocycles. The lowest BCUT2D eigenvalue weighted by atomic mass is 9.81. The highest BCUT2D eigenvalue weighted by atomic mass is 15.4. The summed E-state index contributed by atoms with van der Waals surface area (Å²) in [4.78, 5) is 9.83. The number of hydrogen-bond acceptors (Lipinski definition) is 3. The van der Waals surface area contributed by atoms with E-state index in [1.54, 1.807) is 0 Å². The van der Waals surface area contributed by atoms with E-state index in [9.17, 15) is 0 Å². The number of benzene rings is 5. The average molecular weight is 490 g/mol. The van der Waals surface area contributed by atoms with Crippen LogP contribution in [0.5, 0.6) is 0 Å². The monoisotopic (exact) mass is 489 g/mol. The van der Waals surface area contributed by atoms with E-state index < -0.39 is 0 Å². The van der Waals surface area contributed by atoms with Crippen molar-refractivity contribution in [1.29, 1.82) is 0 Å². The molecule has 182 valence electrons. The first-order valence-corrected chi connectivity index (χ1v) is 13.3. The van der Waals surface area contributed by atoms with Crippen LogP contribution in [0.3, 0.4) is 0 Å². The van der Waals surface area contributed by atoms with Gasteiger partial charge < -0.3 is 4.90 Å². The van der Waals surface area contributed by atoms with E-state index in [4.69, 9.17) is 4.99 Å². The third-order valence-corrected chi connectivity index (χ3v) is 8.44. The highest BCUT2D eigenvalue weighted by Gasteiger charge is 2.38. The number of guanidine groups is 1. The lowest BCUT2D eigenvalue weighted by Gasteiger charge is -2.37. The Morgan fingerprint density at radius 1 is 0.763 bits per heavy atom. The van der Waals surface area contributed by atoms with Crippen molar-refractivity contribution in [2.24, 2.45) is 4.99 Å². The number of fused-ring (bicyclic) bond motifs is 5. The predicted molar refractivity (Wildman–Crippen MR) is 159 cm³/mol. The van der Waals surface area contributed by atoms with E-state index in [1.807, 2.05) is 0 Å². The quantitative estimate of drug-likeness (QED) is 0.235. The molecule has 38 heavy (non-hydrogen) atoms. The zero-order valence-corrected chi connectivity index (χ0v) is 21.5. The van der Waals surface area contributed by atoms with E-state index in [1.165, 1.54) is 49.8 Å². The van der Waals surface area contributed by atoms with Crippen molar-refractivity contribution in [3.8, 4) is 11.1 Å². The van der Waals surface area contributed by atoms with Crippen molar-refractivity contribution in [3.63, 3.8) is 0 Å². The van der Waals surface area contributed by atoms with Gasteiger partial charge in [0.15, 0.2) is 0 Å². The Kier molecular flexibility index (Phi) is 4.34. The fraction of sp³-hybridized carbons (Fsp3) is 0.114. The molecule has 0 bridgehead atoms. The molecule has 5 aromatic carbocycles. The first kappa shape index (κ1) is 21.5. The molecule has 0 aromatic heterocycles. The van der Waals surface area contributed by atoms with Gasteiger partial charge in [-0.05, 0) is 75.2 Å². The van der Waals surface area contributed by atoms with Crippen LogP contribution in [-0.4, -0.2) is 5.96 Å². The Balaban J connectivity index is 1.37. The van der Waals surface area contributed by atoms with Crippen LogP contribution in [0, 0.1) is 0 Å². The second-order valence-corrected chi connectivity index (χ2v) is 10.9. The van der Waals surface area contributed by atoms with Gasteiger partial charge in [0.1, 0.15) is 0 Å². The molecule has 3 nitrogen and oxygen atoms in total. The van der Waals surface area contributed by atoms with E-state index in [0.29, 0.717) is 0 Å². The number of para-hydroxylation sites is 2. The molecule has 0 N–H and O–H groups in total. The van der Waals surface area contributed by atoms with Crippen LogP contribution in [0.25, 0.3) is 28.0 Å². The first-order valence-electron chi connectivity index (χ1n) is 13.3. The summed E-state index contributed by atoms with van der Waals surface area (Å²) in [5.74, 6) is 0.922. The topological polar surface area (TPSA) is 18.8 Å². The van der Waals surface area contributed by atoms with Crippen molar-refractivity contribution in [2.45, 2.75) is 25.8 Å². The molecular weight excluding hydrogens is 462 g/mol. The van der Waals surface area contributed by atoms with Gasteiger partial charge in [0, 0.05) is 22.7 Å². The van der Waals surface area contributed by atoms with Crippen molar-refractivity contribution >= 4 is 39.9 Å². The standard InChI is InChI=1S/C35H27N3/c1-35(2)28-16-8-7-15-26(28)33-27-19-20-37(31-18-10-12-23(32(27)31)21-29(33)35)34-36-30-17-9-6-11-24(30)22-38(34)25-13-4-3-5-14-25/h3-21H,22H2,1-2H3. The van der Waals surface area contributed by atoms with Crippen molar-refractivity contribution < 1.29 is 0 Å². The summed E-state index contributed by atoms with van der Waals surface area (Å²) in [5, 5.41) is 2.56. The van der Waals surface area contributed by atoms with Crippen LogP contribution in [0.1, 0.15) is 36.1 Å². The van der Waals surface area contributed by atoms with Gasteiger partial charge in [0.05, 0.1) is 17.9 Å². The molecule has 8 rings (SSSR count). The van der Waals surface area contributed by atoms with Gasteiger partial charge in [0.25, 0.3) is 0 Å². The maximum absolute atomic E-state index is 5.24. The number of aliphatic imine (C=N–C) groups is 1. The molecule has 3 heteroatoms. The molecular formula is C35H27N3. The average Bonchev–Trinajstić information content (AvgIpc) is 3.19. The summed E-state index contributed by atoms with van der Waals surface area (Å²) in [6.45, 7) is 5.48. The molecule has 3 aliphatic rings. The number of rotatable bonds is 1. The molecule has 0 saturated heterocycles. The molecule has 0 radical (unpaired) electrons. The van der Waals surface area contributed by atoms with Crippen molar-refractivity contribution in [3.05, 3.63) is 132 Å². The Labute approximate surface area is 223 Å². The van der Waals surface area contributed by atoms with E-state index >= 15 is 0 Å². The Morgan fingerprint density at radius 3 is 2.45 bits per heavy atom. The highest BCUT2D eigenvalue weighted by Crippen LogP contribution is 2.54. The molecule has 0 unspecified atom stereocenters. The molecule has 1 aliphatic carbocycles. The van der Waals surface area contributed by atoms with Gasteiger partial charge >= 0.3 is 0 Å². The number of hydrogen-bond donors (Lipinski definition) is 0. The summed E-state index contributed by atoms with van der Waals surface area (Å²) in [7, 11) is 0. The predicted octanol–water partition coefficient (Wildman–Crippen LogP) is 8.64. The van der Waals surface area contributed by atoms with Crippen molar-refractivity contribution in [1.82, 2.24) is 0 Å². The summed E-state index contributed by atoms with van der Waals surface area (Å²) in [5.41, 5.74) is 11.4. The summed E-state index contributed by atoms with van der Waals surface area (Å²) in [6.07, 6.45) is 4.52. The van der Waals surface area contributed by atoms with Gasteiger partial charge in [0.2, 0.25) is 5.96 Å². The molecule has 0 fully saturated rings. The Morgan fingerprint density at radius 2 is 1.55 bits per heavy atom. The van der Waals surface area contributed by atoms with Gasteiger partial charge in [-0.2, -0.15) is 0 Å². The molecule has 0 spiro atoms. The number of anilines is 2. The van der Waals surface area contributed by atoms with Crippen LogP contribution in [-0.2, 0) is 12.0 Å². The first-order chi connectivity index (χ1) is 18.6. The van der Waals surface area contributed by atoms with Gasteiger partial charge in [-0.25, -0.2) is 4.99 Å². The minimum Gasteiger partial charge on any atom is -0.307 e. The second-order valence-electron chi connectivity index (χ2n) is 10.9. The maximum atomic E-state index is 5.24. The van der Waals surface area contributed by atoms with Crippen LogP contribution in [0.4, 0.5) is 17.1 Å². The molecule has 0 amide bonds. The minimum atomic E-state index is -0.0289. The summed E-state index contributed by atoms with van der Waals surface area (Å²) in [6, 6.07) is 37.0.